The molecule has 86 valence electrons. The van der Waals surface area contributed by atoms with Crippen LogP contribution in [0.1, 0.15) is 12.5 Å². The average Bonchev–Trinajstić information content (AvgIpc) is 2.34. The summed E-state index contributed by atoms with van der Waals surface area (Å²) in [5, 5.41) is 0. The van der Waals surface area contributed by atoms with Gasteiger partial charge in [0.25, 0.3) is 0 Å². The molecule has 0 aromatic heterocycles. The van der Waals surface area contributed by atoms with Crippen LogP contribution >= 0.6 is 0 Å². The molecule has 0 aliphatic rings. The number of benzene rings is 1. The fourth-order valence-electron chi connectivity index (χ4n) is 1.33. The van der Waals surface area contributed by atoms with E-state index in [2.05, 4.69) is 6.58 Å². The Bertz CT molecular complexity index is 335. The highest BCUT2D eigenvalue weighted by Crippen LogP contribution is 2.05. The summed E-state index contributed by atoms with van der Waals surface area (Å²) in [5.74, 6) is 0. The van der Waals surface area contributed by atoms with E-state index in [0.717, 1.165) is 5.56 Å². The maximum absolute atomic E-state index is 11.6. The van der Waals surface area contributed by atoms with Crippen LogP contribution in [0.4, 0.5) is 4.79 Å². The van der Waals surface area contributed by atoms with Crippen molar-refractivity contribution in [1.29, 1.82) is 0 Å². The lowest BCUT2D eigenvalue weighted by Gasteiger charge is -2.19. The lowest BCUT2D eigenvalue weighted by Crippen LogP contribution is -2.30. The van der Waals surface area contributed by atoms with Gasteiger partial charge in [-0.25, -0.2) is 4.79 Å². The zero-order valence-electron chi connectivity index (χ0n) is 9.56. The molecule has 0 atom stereocenters. The van der Waals surface area contributed by atoms with Gasteiger partial charge in [0.1, 0.15) is 6.61 Å². The van der Waals surface area contributed by atoms with Gasteiger partial charge in [0.05, 0.1) is 0 Å². The van der Waals surface area contributed by atoms with Crippen LogP contribution < -0.4 is 0 Å². The zero-order valence-corrected chi connectivity index (χ0v) is 9.56. The highest BCUT2D eigenvalue weighted by molar-refractivity contribution is 5.67. The fourth-order valence-corrected chi connectivity index (χ4v) is 1.33. The molecule has 0 N–H and O–H groups in total. The summed E-state index contributed by atoms with van der Waals surface area (Å²) in [5.41, 5.74) is 1.10. The molecule has 1 amide bonds. The monoisotopic (exact) mass is 219 g/mol. The first-order valence-electron chi connectivity index (χ1n) is 5.34. The molecule has 0 radical (unpaired) electrons. The van der Waals surface area contributed by atoms with Gasteiger partial charge >= 0.3 is 6.09 Å². The molecule has 1 aromatic rings. The van der Waals surface area contributed by atoms with Crippen molar-refractivity contribution in [2.45, 2.75) is 13.5 Å². The second kappa shape index (κ2) is 6.67. The average molecular weight is 219 g/mol. The van der Waals surface area contributed by atoms with Gasteiger partial charge in [0, 0.05) is 13.1 Å². The SMILES string of the molecule is C=CCOC(=O)N(CC)Cc1ccccc1. The zero-order chi connectivity index (χ0) is 11.8. The lowest BCUT2D eigenvalue weighted by molar-refractivity contribution is 0.112. The molecule has 1 rings (SSSR count). The van der Waals surface area contributed by atoms with Gasteiger partial charge in [0.15, 0.2) is 0 Å². The van der Waals surface area contributed by atoms with Crippen molar-refractivity contribution in [3.63, 3.8) is 0 Å². The van der Waals surface area contributed by atoms with E-state index < -0.39 is 0 Å². The van der Waals surface area contributed by atoms with Crippen LogP contribution in [0, 0.1) is 0 Å². The number of carbonyl (C=O) groups is 1. The Morgan fingerprint density at radius 3 is 2.69 bits per heavy atom. The van der Waals surface area contributed by atoms with Gasteiger partial charge in [-0.05, 0) is 12.5 Å². The quantitative estimate of drug-likeness (QED) is 0.713. The van der Waals surface area contributed by atoms with Crippen LogP contribution in [0.25, 0.3) is 0 Å². The number of rotatable bonds is 5. The van der Waals surface area contributed by atoms with Gasteiger partial charge in [-0.3, -0.25) is 0 Å². The molecule has 1 aromatic carbocycles. The van der Waals surface area contributed by atoms with Crippen molar-refractivity contribution in [3.8, 4) is 0 Å². The molecule has 0 heterocycles. The van der Waals surface area contributed by atoms with Crippen LogP contribution in [0.5, 0.6) is 0 Å². The molecule has 16 heavy (non-hydrogen) atoms. The van der Waals surface area contributed by atoms with Crippen LogP contribution in [0.2, 0.25) is 0 Å². The first-order valence-corrected chi connectivity index (χ1v) is 5.34. The standard InChI is InChI=1S/C13H17NO2/c1-3-10-16-13(15)14(4-2)11-12-8-6-5-7-9-12/h3,5-9H,1,4,10-11H2,2H3. The molecule has 0 aliphatic carbocycles. The summed E-state index contributed by atoms with van der Waals surface area (Å²) in [6, 6.07) is 9.85. The van der Waals surface area contributed by atoms with E-state index in [1.165, 1.54) is 0 Å². The minimum absolute atomic E-state index is 0.254. The Kier molecular flexibility index (Phi) is 5.12. The van der Waals surface area contributed by atoms with Crippen LogP contribution in [-0.2, 0) is 11.3 Å². The summed E-state index contributed by atoms with van der Waals surface area (Å²) in [6.07, 6.45) is 1.26. The Labute approximate surface area is 96.3 Å². The normalized spacial score (nSPS) is 9.56. The fraction of sp³-hybridized carbons (Fsp3) is 0.308. The highest BCUT2D eigenvalue weighted by Gasteiger charge is 2.12. The third-order valence-corrected chi connectivity index (χ3v) is 2.18. The van der Waals surface area contributed by atoms with E-state index in [0.29, 0.717) is 13.1 Å². The molecular formula is C13H17NO2. The largest absolute Gasteiger partial charge is 0.445 e. The molecule has 3 nitrogen and oxygen atoms in total. The number of carbonyl (C=O) groups excluding carboxylic acids is 1. The van der Waals surface area contributed by atoms with E-state index in [1.54, 1.807) is 11.0 Å². The highest BCUT2D eigenvalue weighted by atomic mass is 16.6. The maximum atomic E-state index is 11.6. The van der Waals surface area contributed by atoms with Crippen molar-refractivity contribution in [2.75, 3.05) is 13.2 Å². The van der Waals surface area contributed by atoms with E-state index >= 15 is 0 Å². The van der Waals surface area contributed by atoms with Crippen molar-refractivity contribution >= 4 is 6.09 Å². The Balaban J connectivity index is 2.55. The summed E-state index contributed by atoms with van der Waals surface area (Å²) >= 11 is 0. The van der Waals surface area contributed by atoms with Crippen LogP contribution in [-0.4, -0.2) is 24.1 Å². The second-order valence-corrected chi connectivity index (χ2v) is 3.37. The maximum Gasteiger partial charge on any atom is 0.410 e. The number of ether oxygens (including phenoxy) is 1. The minimum Gasteiger partial charge on any atom is -0.445 e. The van der Waals surface area contributed by atoms with Crippen molar-refractivity contribution in [1.82, 2.24) is 4.90 Å². The molecule has 0 saturated carbocycles. The number of nitrogens with zero attached hydrogens (tertiary/aromatic N) is 1. The Hall–Kier alpha value is -1.77. The molecule has 0 fully saturated rings. The smallest absolute Gasteiger partial charge is 0.410 e. The predicted molar refractivity (Wildman–Crippen MR) is 64.1 cm³/mol. The number of amides is 1. The third-order valence-electron chi connectivity index (χ3n) is 2.18. The van der Waals surface area contributed by atoms with Gasteiger partial charge in [-0.1, -0.05) is 43.0 Å². The first-order chi connectivity index (χ1) is 7.77. The van der Waals surface area contributed by atoms with Crippen molar-refractivity contribution < 1.29 is 9.53 Å². The summed E-state index contributed by atoms with van der Waals surface area (Å²) in [6.45, 7) is 6.90. The first kappa shape index (κ1) is 12.3. The molecule has 0 saturated heterocycles. The molecule has 0 aliphatic heterocycles. The van der Waals surface area contributed by atoms with Crippen LogP contribution in [0.15, 0.2) is 43.0 Å². The summed E-state index contributed by atoms with van der Waals surface area (Å²) in [7, 11) is 0. The van der Waals surface area contributed by atoms with Crippen molar-refractivity contribution in [3.05, 3.63) is 48.6 Å². The molecule has 0 bridgehead atoms. The molecular weight excluding hydrogens is 202 g/mol. The van der Waals surface area contributed by atoms with Gasteiger partial charge in [-0.15, -0.1) is 0 Å². The Morgan fingerprint density at radius 2 is 2.12 bits per heavy atom. The Morgan fingerprint density at radius 1 is 1.44 bits per heavy atom. The van der Waals surface area contributed by atoms with E-state index in [-0.39, 0.29) is 12.7 Å². The third kappa shape index (κ3) is 3.77. The van der Waals surface area contributed by atoms with Crippen molar-refractivity contribution in [2.24, 2.45) is 0 Å². The topological polar surface area (TPSA) is 29.5 Å². The van der Waals surface area contributed by atoms with E-state index in [4.69, 9.17) is 4.74 Å². The minimum atomic E-state index is -0.300. The van der Waals surface area contributed by atoms with Crippen LogP contribution in [0.3, 0.4) is 0 Å². The molecule has 3 heteroatoms. The number of hydrogen-bond acceptors (Lipinski definition) is 2. The van der Waals surface area contributed by atoms with Gasteiger partial charge < -0.3 is 9.64 Å². The predicted octanol–water partition coefficient (Wildman–Crippen LogP) is 2.83. The van der Waals surface area contributed by atoms with E-state index in [9.17, 15) is 4.79 Å². The summed E-state index contributed by atoms with van der Waals surface area (Å²) in [4.78, 5) is 13.2. The van der Waals surface area contributed by atoms with E-state index in [1.807, 2.05) is 37.3 Å². The molecule has 0 unspecified atom stereocenters. The van der Waals surface area contributed by atoms with Gasteiger partial charge in [-0.2, -0.15) is 0 Å². The second-order valence-electron chi connectivity index (χ2n) is 3.37. The summed E-state index contributed by atoms with van der Waals surface area (Å²) < 4.78 is 4.99. The van der Waals surface area contributed by atoms with Gasteiger partial charge in [0.2, 0.25) is 0 Å². The number of hydrogen-bond donors (Lipinski definition) is 0. The molecule has 0 spiro atoms. The lowest BCUT2D eigenvalue weighted by atomic mass is 10.2.